The SMILES string of the molecule is C/C=C(\c1ccccc1)c1scnc1NC(=O)OC(C)(C)C. The Morgan fingerprint density at radius 3 is 2.55 bits per heavy atom. The maximum Gasteiger partial charge on any atom is 0.413 e. The molecule has 0 saturated carbocycles. The van der Waals surface area contributed by atoms with Gasteiger partial charge in [0.1, 0.15) is 5.60 Å². The number of hydrogen-bond acceptors (Lipinski definition) is 4. The van der Waals surface area contributed by atoms with Crippen molar-refractivity contribution in [1.29, 1.82) is 0 Å². The second-order valence-corrected chi connectivity index (χ2v) is 6.58. The van der Waals surface area contributed by atoms with E-state index in [-0.39, 0.29) is 0 Å². The van der Waals surface area contributed by atoms with Gasteiger partial charge >= 0.3 is 6.09 Å². The largest absolute Gasteiger partial charge is 0.444 e. The predicted molar refractivity (Wildman–Crippen MR) is 91.2 cm³/mol. The van der Waals surface area contributed by atoms with Crippen LogP contribution >= 0.6 is 11.3 Å². The summed E-state index contributed by atoms with van der Waals surface area (Å²) in [4.78, 5) is 17.1. The fourth-order valence-electron chi connectivity index (χ4n) is 1.97. The molecule has 1 aromatic carbocycles. The molecule has 0 unspecified atom stereocenters. The van der Waals surface area contributed by atoms with E-state index < -0.39 is 11.7 Å². The van der Waals surface area contributed by atoms with E-state index in [4.69, 9.17) is 4.74 Å². The zero-order valence-corrected chi connectivity index (χ0v) is 14.0. The van der Waals surface area contributed by atoms with E-state index in [1.165, 1.54) is 11.3 Å². The van der Waals surface area contributed by atoms with Crippen LogP contribution < -0.4 is 5.32 Å². The molecule has 22 heavy (non-hydrogen) atoms. The molecule has 0 fully saturated rings. The Kier molecular flexibility index (Phi) is 4.98. The van der Waals surface area contributed by atoms with Crippen LogP contribution in [0.25, 0.3) is 5.57 Å². The number of benzene rings is 1. The van der Waals surface area contributed by atoms with Crippen molar-refractivity contribution in [1.82, 2.24) is 4.98 Å². The minimum atomic E-state index is -0.539. The quantitative estimate of drug-likeness (QED) is 0.872. The van der Waals surface area contributed by atoms with E-state index in [0.717, 1.165) is 16.0 Å². The van der Waals surface area contributed by atoms with E-state index in [0.29, 0.717) is 5.82 Å². The monoisotopic (exact) mass is 316 g/mol. The summed E-state index contributed by atoms with van der Waals surface area (Å²) in [5, 5.41) is 2.73. The summed E-state index contributed by atoms with van der Waals surface area (Å²) in [5.74, 6) is 0.524. The molecule has 0 aliphatic carbocycles. The van der Waals surface area contributed by atoms with Gasteiger partial charge in [-0.25, -0.2) is 9.78 Å². The summed E-state index contributed by atoms with van der Waals surface area (Å²) >= 11 is 1.49. The van der Waals surface area contributed by atoms with Crippen LogP contribution in [0, 0.1) is 0 Å². The Balaban J connectivity index is 2.24. The van der Waals surface area contributed by atoms with Crippen molar-refractivity contribution in [3.63, 3.8) is 0 Å². The molecular weight excluding hydrogens is 296 g/mol. The van der Waals surface area contributed by atoms with Crippen LogP contribution in [0.4, 0.5) is 10.6 Å². The van der Waals surface area contributed by atoms with E-state index in [1.807, 2.05) is 64.1 Å². The molecule has 0 aliphatic heterocycles. The van der Waals surface area contributed by atoms with Gasteiger partial charge in [-0.3, -0.25) is 5.32 Å². The van der Waals surface area contributed by atoms with Crippen molar-refractivity contribution in [2.24, 2.45) is 0 Å². The van der Waals surface area contributed by atoms with Gasteiger partial charge in [-0.1, -0.05) is 36.4 Å². The number of nitrogens with one attached hydrogen (secondary N) is 1. The van der Waals surface area contributed by atoms with Crippen molar-refractivity contribution in [3.05, 3.63) is 52.4 Å². The van der Waals surface area contributed by atoms with Crippen molar-refractivity contribution < 1.29 is 9.53 Å². The van der Waals surface area contributed by atoms with Crippen LogP contribution in [0.5, 0.6) is 0 Å². The summed E-state index contributed by atoms with van der Waals surface area (Å²) in [6.07, 6.45) is 1.52. The lowest BCUT2D eigenvalue weighted by atomic mass is 10.0. The van der Waals surface area contributed by atoms with Gasteiger partial charge in [-0.15, -0.1) is 11.3 Å². The van der Waals surface area contributed by atoms with Gasteiger partial charge in [-0.05, 0) is 38.8 Å². The van der Waals surface area contributed by atoms with Crippen LogP contribution in [0.2, 0.25) is 0 Å². The standard InChI is InChI=1S/C17H20N2O2S/c1-5-13(12-9-7-6-8-10-12)14-15(18-11-22-14)19-16(20)21-17(2,3)4/h5-11H,1-4H3,(H,19,20)/b13-5+. The van der Waals surface area contributed by atoms with Crippen LogP contribution in [-0.4, -0.2) is 16.7 Å². The summed E-state index contributed by atoms with van der Waals surface area (Å²) < 4.78 is 5.28. The van der Waals surface area contributed by atoms with Crippen LogP contribution in [0.1, 0.15) is 38.1 Å². The van der Waals surface area contributed by atoms with Gasteiger partial charge in [0.2, 0.25) is 0 Å². The number of amides is 1. The number of rotatable bonds is 3. The Morgan fingerprint density at radius 1 is 1.27 bits per heavy atom. The number of carbonyl (C=O) groups excluding carboxylic acids is 1. The van der Waals surface area contributed by atoms with Crippen molar-refractivity contribution in [3.8, 4) is 0 Å². The molecule has 4 nitrogen and oxygen atoms in total. The smallest absolute Gasteiger partial charge is 0.413 e. The fraction of sp³-hybridized carbons (Fsp3) is 0.294. The molecule has 5 heteroatoms. The van der Waals surface area contributed by atoms with Gasteiger partial charge < -0.3 is 4.74 Å². The number of ether oxygens (including phenoxy) is 1. The first-order valence-corrected chi connectivity index (χ1v) is 7.94. The van der Waals surface area contributed by atoms with Crippen molar-refractivity contribution in [2.45, 2.75) is 33.3 Å². The molecule has 0 bridgehead atoms. The number of hydrogen-bond donors (Lipinski definition) is 1. The zero-order chi connectivity index (χ0) is 16.2. The van der Waals surface area contributed by atoms with Gasteiger partial charge in [0, 0.05) is 0 Å². The van der Waals surface area contributed by atoms with Crippen molar-refractivity contribution in [2.75, 3.05) is 5.32 Å². The average molecular weight is 316 g/mol. The summed E-state index contributed by atoms with van der Waals surface area (Å²) in [6.45, 7) is 7.46. The lowest BCUT2D eigenvalue weighted by Gasteiger charge is -2.19. The zero-order valence-electron chi connectivity index (χ0n) is 13.2. The predicted octanol–water partition coefficient (Wildman–Crippen LogP) is 4.94. The molecule has 0 radical (unpaired) electrons. The summed E-state index contributed by atoms with van der Waals surface area (Å²) in [5.41, 5.74) is 3.30. The lowest BCUT2D eigenvalue weighted by molar-refractivity contribution is 0.0635. The molecule has 0 aliphatic rings. The van der Waals surface area contributed by atoms with E-state index >= 15 is 0 Å². The van der Waals surface area contributed by atoms with Gasteiger partial charge in [0.15, 0.2) is 5.82 Å². The number of aromatic nitrogens is 1. The van der Waals surface area contributed by atoms with Crippen LogP contribution in [0.15, 0.2) is 41.9 Å². The van der Waals surface area contributed by atoms with E-state index in [2.05, 4.69) is 10.3 Å². The third-order valence-electron chi connectivity index (χ3n) is 2.80. The topological polar surface area (TPSA) is 51.2 Å². The highest BCUT2D eigenvalue weighted by molar-refractivity contribution is 7.11. The minimum Gasteiger partial charge on any atom is -0.444 e. The van der Waals surface area contributed by atoms with E-state index in [9.17, 15) is 4.79 Å². The van der Waals surface area contributed by atoms with Gasteiger partial charge in [0.05, 0.1) is 10.4 Å². The second-order valence-electron chi connectivity index (χ2n) is 5.73. The highest BCUT2D eigenvalue weighted by atomic mass is 32.1. The lowest BCUT2D eigenvalue weighted by Crippen LogP contribution is -2.27. The maximum absolute atomic E-state index is 11.9. The normalized spacial score (nSPS) is 12.1. The molecule has 0 spiro atoms. The summed E-state index contributed by atoms with van der Waals surface area (Å²) in [6, 6.07) is 10.0. The number of carbonyl (C=O) groups is 1. The summed E-state index contributed by atoms with van der Waals surface area (Å²) in [7, 11) is 0. The van der Waals surface area contributed by atoms with Crippen LogP contribution in [0.3, 0.4) is 0 Å². The second kappa shape index (κ2) is 6.75. The number of allylic oxidation sites excluding steroid dienone is 1. The number of anilines is 1. The van der Waals surface area contributed by atoms with E-state index in [1.54, 1.807) is 5.51 Å². The third-order valence-corrected chi connectivity index (χ3v) is 3.66. The Morgan fingerprint density at radius 2 is 1.95 bits per heavy atom. The first-order valence-electron chi connectivity index (χ1n) is 7.06. The maximum atomic E-state index is 11.9. The molecule has 0 atom stereocenters. The molecule has 1 N–H and O–H groups in total. The molecule has 1 heterocycles. The Bertz CT molecular complexity index is 669. The number of thiazole rings is 1. The highest BCUT2D eigenvalue weighted by Crippen LogP contribution is 2.32. The van der Waals surface area contributed by atoms with Gasteiger partial charge in [0.25, 0.3) is 0 Å². The van der Waals surface area contributed by atoms with Crippen molar-refractivity contribution >= 4 is 28.8 Å². The Labute approximate surface area is 134 Å². The molecule has 0 saturated heterocycles. The first-order chi connectivity index (χ1) is 10.4. The fourth-order valence-corrected chi connectivity index (χ4v) is 2.81. The third kappa shape index (κ3) is 4.18. The minimum absolute atomic E-state index is 0.497. The average Bonchev–Trinajstić information content (AvgIpc) is 2.87. The molecule has 1 aromatic heterocycles. The molecule has 116 valence electrons. The number of nitrogens with zero attached hydrogens (tertiary/aromatic N) is 1. The highest BCUT2D eigenvalue weighted by Gasteiger charge is 2.19. The molecule has 2 rings (SSSR count). The van der Waals surface area contributed by atoms with Crippen LogP contribution in [-0.2, 0) is 4.74 Å². The molecule has 1 amide bonds. The molecule has 2 aromatic rings. The molecular formula is C17H20N2O2S. The Hall–Kier alpha value is -2.14. The van der Waals surface area contributed by atoms with Gasteiger partial charge in [-0.2, -0.15) is 0 Å². The first kappa shape index (κ1) is 16.2.